The maximum Gasteiger partial charge on any atom is 0.312 e. The lowest BCUT2D eigenvalue weighted by atomic mass is 9.90. The molecule has 1 aliphatic rings. The molecule has 1 heterocycles. The van der Waals surface area contributed by atoms with Gasteiger partial charge in [0.05, 0.1) is 0 Å². The molecule has 0 aliphatic carbocycles. The number of nitrogens with two attached hydrogens (primary N) is 1. The normalized spacial score (nSPS) is 29.8. The average molecular weight is 172 g/mol. The van der Waals surface area contributed by atoms with Gasteiger partial charge in [-0.15, -0.1) is 0 Å². The second kappa shape index (κ2) is 4.30. The Balaban J connectivity index is 2.24. The molecule has 0 aromatic heterocycles. The molecule has 4 heteroatoms. The summed E-state index contributed by atoms with van der Waals surface area (Å²) >= 11 is 0. The topological polar surface area (TPSA) is 64.3 Å². The molecule has 1 rings (SSSR count). The fourth-order valence-corrected chi connectivity index (χ4v) is 1.46. The molecule has 2 amide bonds. The van der Waals surface area contributed by atoms with Crippen LogP contribution in [-0.2, 0) is 4.74 Å². The van der Waals surface area contributed by atoms with Crippen LogP contribution >= 0.6 is 0 Å². The van der Waals surface area contributed by atoms with Gasteiger partial charge >= 0.3 is 6.03 Å². The molecule has 3 N–H and O–H groups in total. The molecule has 1 fully saturated rings. The molecule has 2 atom stereocenters. The van der Waals surface area contributed by atoms with Crippen LogP contribution in [0.3, 0.4) is 0 Å². The van der Waals surface area contributed by atoms with E-state index in [0.29, 0.717) is 18.4 Å². The van der Waals surface area contributed by atoms with Crippen molar-refractivity contribution in [3.63, 3.8) is 0 Å². The van der Waals surface area contributed by atoms with Gasteiger partial charge in [-0.1, -0.05) is 6.92 Å². The number of carbonyl (C=O) groups excluding carboxylic acids is 1. The van der Waals surface area contributed by atoms with E-state index in [0.717, 1.165) is 19.6 Å². The molecule has 12 heavy (non-hydrogen) atoms. The van der Waals surface area contributed by atoms with Crippen molar-refractivity contribution in [3.8, 4) is 0 Å². The van der Waals surface area contributed by atoms with Crippen molar-refractivity contribution >= 4 is 6.03 Å². The van der Waals surface area contributed by atoms with Crippen LogP contribution in [-0.4, -0.2) is 25.8 Å². The molecular weight excluding hydrogens is 156 g/mol. The summed E-state index contributed by atoms with van der Waals surface area (Å²) in [5.74, 6) is 1.04. The summed E-state index contributed by atoms with van der Waals surface area (Å²) in [4.78, 5) is 10.4. The van der Waals surface area contributed by atoms with Gasteiger partial charge in [0.2, 0.25) is 0 Å². The highest BCUT2D eigenvalue weighted by Crippen LogP contribution is 2.19. The Kier molecular flexibility index (Phi) is 3.34. The van der Waals surface area contributed by atoms with Gasteiger partial charge in [-0.2, -0.15) is 0 Å². The Labute approximate surface area is 72.5 Å². The summed E-state index contributed by atoms with van der Waals surface area (Å²) in [6.07, 6.45) is 1.02. The van der Waals surface area contributed by atoms with Crippen LogP contribution in [0.25, 0.3) is 0 Å². The third-order valence-electron chi connectivity index (χ3n) is 2.36. The molecule has 1 aliphatic heterocycles. The Bertz CT molecular complexity index is 161. The number of hydrogen-bond donors (Lipinski definition) is 2. The first-order valence-corrected chi connectivity index (χ1v) is 4.31. The van der Waals surface area contributed by atoms with Crippen molar-refractivity contribution in [1.29, 1.82) is 0 Å². The first kappa shape index (κ1) is 9.32. The summed E-state index contributed by atoms with van der Waals surface area (Å²) in [5, 5.41) is 2.63. The van der Waals surface area contributed by atoms with E-state index in [1.54, 1.807) is 0 Å². The number of carbonyl (C=O) groups is 1. The van der Waals surface area contributed by atoms with Crippen molar-refractivity contribution in [2.24, 2.45) is 17.6 Å². The van der Waals surface area contributed by atoms with E-state index in [4.69, 9.17) is 10.5 Å². The highest BCUT2D eigenvalue weighted by molar-refractivity contribution is 5.71. The van der Waals surface area contributed by atoms with Gasteiger partial charge in [0.1, 0.15) is 0 Å². The smallest absolute Gasteiger partial charge is 0.312 e. The van der Waals surface area contributed by atoms with Gasteiger partial charge in [-0.25, -0.2) is 4.79 Å². The summed E-state index contributed by atoms with van der Waals surface area (Å²) in [6.45, 7) is 4.41. The van der Waals surface area contributed by atoms with Crippen molar-refractivity contribution in [2.75, 3.05) is 19.8 Å². The Morgan fingerprint density at radius 3 is 3.08 bits per heavy atom. The molecule has 0 spiro atoms. The SMILES string of the molecule is CC1COCCC1CNC(N)=O. The van der Waals surface area contributed by atoms with Gasteiger partial charge < -0.3 is 15.8 Å². The van der Waals surface area contributed by atoms with Gasteiger partial charge in [0.15, 0.2) is 0 Å². The van der Waals surface area contributed by atoms with E-state index in [9.17, 15) is 4.79 Å². The van der Waals surface area contributed by atoms with E-state index in [2.05, 4.69) is 12.2 Å². The van der Waals surface area contributed by atoms with E-state index in [1.807, 2.05) is 0 Å². The van der Waals surface area contributed by atoms with Crippen LogP contribution in [0.5, 0.6) is 0 Å². The largest absolute Gasteiger partial charge is 0.381 e. The molecule has 0 aromatic rings. The minimum absolute atomic E-state index is 0.436. The number of nitrogens with one attached hydrogen (secondary N) is 1. The molecule has 0 saturated carbocycles. The maximum atomic E-state index is 10.4. The van der Waals surface area contributed by atoms with Crippen molar-refractivity contribution in [3.05, 3.63) is 0 Å². The van der Waals surface area contributed by atoms with Crippen LogP contribution in [0.4, 0.5) is 4.79 Å². The van der Waals surface area contributed by atoms with Gasteiger partial charge in [-0.3, -0.25) is 0 Å². The average Bonchev–Trinajstić information content (AvgIpc) is 2.03. The highest BCUT2D eigenvalue weighted by atomic mass is 16.5. The Morgan fingerprint density at radius 1 is 1.75 bits per heavy atom. The maximum absolute atomic E-state index is 10.4. The molecule has 1 saturated heterocycles. The second-order valence-corrected chi connectivity index (χ2v) is 3.35. The third kappa shape index (κ3) is 2.70. The van der Waals surface area contributed by atoms with Gasteiger partial charge in [-0.05, 0) is 18.3 Å². The molecule has 0 bridgehead atoms. The summed E-state index contributed by atoms with van der Waals surface area (Å²) in [5.41, 5.74) is 4.97. The molecule has 0 aromatic carbocycles. The van der Waals surface area contributed by atoms with Crippen LogP contribution < -0.4 is 11.1 Å². The summed E-state index contributed by atoms with van der Waals surface area (Å²) in [6, 6.07) is -0.436. The molecule has 2 unspecified atom stereocenters. The Hall–Kier alpha value is -0.770. The van der Waals surface area contributed by atoms with E-state index in [-0.39, 0.29) is 0 Å². The van der Waals surface area contributed by atoms with Crippen LogP contribution in [0.1, 0.15) is 13.3 Å². The first-order valence-electron chi connectivity index (χ1n) is 4.31. The van der Waals surface area contributed by atoms with E-state index >= 15 is 0 Å². The van der Waals surface area contributed by atoms with Crippen LogP contribution in [0, 0.1) is 11.8 Å². The van der Waals surface area contributed by atoms with E-state index in [1.165, 1.54) is 0 Å². The quantitative estimate of drug-likeness (QED) is 0.630. The van der Waals surface area contributed by atoms with Crippen LogP contribution in [0.15, 0.2) is 0 Å². The number of ether oxygens (including phenoxy) is 1. The fraction of sp³-hybridized carbons (Fsp3) is 0.875. The number of amides is 2. The van der Waals surface area contributed by atoms with Crippen LogP contribution in [0.2, 0.25) is 0 Å². The lowest BCUT2D eigenvalue weighted by Gasteiger charge is -2.28. The zero-order valence-electron chi connectivity index (χ0n) is 7.38. The zero-order chi connectivity index (χ0) is 8.97. The van der Waals surface area contributed by atoms with E-state index < -0.39 is 6.03 Å². The predicted molar refractivity (Wildman–Crippen MR) is 45.7 cm³/mol. The lowest BCUT2D eigenvalue weighted by molar-refractivity contribution is 0.0254. The third-order valence-corrected chi connectivity index (χ3v) is 2.36. The zero-order valence-corrected chi connectivity index (χ0v) is 7.38. The predicted octanol–water partition coefficient (Wildman–Crippen LogP) is 0.327. The highest BCUT2D eigenvalue weighted by Gasteiger charge is 2.21. The molecule has 0 radical (unpaired) electrons. The monoisotopic (exact) mass is 172 g/mol. The van der Waals surface area contributed by atoms with Gasteiger partial charge in [0.25, 0.3) is 0 Å². The molecular formula is C8H16N2O2. The number of hydrogen-bond acceptors (Lipinski definition) is 2. The molecule has 4 nitrogen and oxygen atoms in total. The lowest BCUT2D eigenvalue weighted by Crippen LogP contribution is -2.38. The minimum atomic E-state index is -0.436. The minimum Gasteiger partial charge on any atom is -0.381 e. The first-order chi connectivity index (χ1) is 5.70. The fourth-order valence-electron chi connectivity index (χ4n) is 1.46. The van der Waals surface area contributed by atoms with Crippen molar-refractivity contribution in [1.82, 2.24) is 5.32 Å². The van der Waals surface area contributed by atoms with Crippen molar-refractivity contribution in [2.45, 2.75) is 13.3 Å². The number of primary amides is 1. The standard InChI is InChI=1S/C8H16N2O2/c1-6-5-12-3-2-7(6)4-10-8(9)11/h6-7H,2-5H2,1H3,(H3,9,10,11). The summed E-state index contributed by atoms with van der Waals surface area (Å²) < 4.78 is 5.27. The number of urea groups is 1. The number of rotatable bonds is 2. The summed E-state index contributed by atoms with van der Waals surface area (Å²) in [7, 11) is 0. The molecule has 70 valence electrons. The van der Waals surface area contributed by atoms with Gasteiger partial charge in [0, 0.05) is 19.8 Å². The van der Waals surface area contributed by atoms with Crippen molar-refractivity contribution < 1.29 is 9.53 Å². The Morgan fingerprint density at radius 2 is 2.50 bits per heavy atom. The second-order valence-electron chi connectivity index (χ2n) is 3.35.